The highest BCUT2D eigenvalue weighted by atomic mass is 16.8. The molecule has 1 aliphatic heterocycles. The molecule has 0 aromatic heterocycles. The fraction of sp³-hybridized carbons (Fsp3) is 0.821. The standard InChI is InChI=1S/C39H62O6/c1-5-7-8-9-10-11-12-13-14-15-16-17-24-42-37(40)44-27-43-33-21-20-31-26-32-30(25-29-18-19-29)22-23-39(38(32,4)41)34(31)35(33)45-36(39)28(3)6-2/h20-21,29-32,34,36,41H,3,5-19,22-27H2,1-2,4H3/t30-,31?,32?,34?,36+,38-,39+/m1/s1. The van der Waals surface area contributed by atoms with Gasteiger partial charge in [-0.25, -0.2) is 4.79 Å². The molecule has 1 saturated heterocycles. The first-order valence-corrected chi connectivity index (χ1v) is 18.7. The highest BCUT2D eigenvalue weighted by Gasteiger charge is 2.73. The SMILES string of the molecule is C=C(CC)[C@@H]1OC2=C(OCOC(=O)OCCCCCCCCCCCCCC)C=CC3CC4[C@@H](CC5CC5)CC[C@@]1(C23)[C@]4(C)O. The first kappa shape index (κ1) is 34.4. The van der Waals surface area contributed by atoms with Crippen molar-refractivity contribution in [1.29, 1.82) is 0 Å². The molecule has 1 heterocycles. The Morgan fingerprint density at radius 2 is 1.64 bits per heavy atom. The molecule has 45 heavy (non-hydrogen) atoms. The third-order valence-corrected chi connectivity index (χ3v) is 12.2. The zero-order chi connectivity index (χ0) is 31.9. The third-order valence-electron chi connectivity index (χ3n) is 12.2. The second kappa shape index (κ2) is 15.8. The van der Waals surface area contributed by atoms with Crippen LogP contribution in [-0.4, -0.2) is 36.4 Å². The summed E-state index contributed by atoms with van der Waals surface area (Å²) in [6, 6.07) is 0. The number of unbranched alkanes of at least 4 members (excludes halogenated alkanes) is 11. The molecule has 1 spiro atoms. The molecule has 7 atom stereocenters. The minimum absolute atomic E-state index is 0.0386. The van der Waals surface area contributed by atoms with Gasteiger partial charge in [0.1, 0.15) is 11.9 Å². The van der Waals surface area contributed by atoms with Crippen LogP contribution in [0.3, 0.4) is 0 Å². The molecule has 0 aromatic rings. The number of carbonyl (C=O) groups is 1. The van der Waals surface area contributed by atoms with Crippen LogP contribution >= 0.6 is 0 Å². The maximum Gasteiger partial charge on any atom is 0.511 e. The van der Waals surface area contributed by atoms with Crippen LogP contribution in [-0.2, 0) is 18.9 Å². The molecule has 1 N–H and O–H groups in total. The maximum absolute atomic E-state index is 12.4. The zero-order valence-electron chi connectivity index (χ0n) is 28.7. The summed E-state index contributed by atoms with van der Waals surface area (Å²) in [5, 5.41) is 12.4. The minimum atomic E-state index is -0.846. The first-order valence-electron chi connectivity index (χ1n) is 18.7. The van der Waals surface area contributed by atoms with E-state index in [1.54, 1.807) is 0 Å². The van der Waals surface area contributed by atoms with E-state index in [0.29, 0.717) is 24.2 Å². The van der Waals surface area contributed by atoms with Crippen molar-refractivity contribution in [2.24, 2.45) is 35.0 Å². The Kier molecular flexibility index (Phi) is 12.0. The molecular formula is C39H62O6. The fourth-order valence-electron chi connectivity index (χ4n) is 9.47. The molecule has 0 aromatic carbocycles. The molecular weight excluding hydrogens is 564 g/mol. The predicted molar refractivity (Wildman–Crippen MR) is 178 cm³/mol. The molecule has 2 bridgehead atoms. The van der Waals surface area contributed by atoms with Crippen molar-refractivity contribution in [3.05, 3.63) is 35.8 Å². The van der Waals surface area contributed by atoms with Gasteiger partial charge in [-0.1, -0.05) is 110 Å². The number of hydrogen-bond donors (Lipinski definition) is 1. The second-order valence-electron chi connectivity index (χ2n) is 15.1. The second-order valence-corrected chi connectivity index (χ2v) is 15.1. The third kappa shape index (κ3) is 7.63. The van der Waals surface area contributed by atoms with Crippen molar-refractivity contribution in [3.8, 4) is 0 Å². The van der Waals surface area contributed by atoms with E-state index in [0.717, 1.165) is 55.8 Å². The highest BCUT2D eigenvalue weighted by Crippen LogP contribution is 2.71. The molecule has 3 unspecified atom stereocenters. The molecule has 5 aliphatic rings. The largest absolute Gasteiger partial charge is 0.511 e. The van der Waals surface area contributed by atoms with Crippen LogP contribution in [0.15, 0.2) is 35.8 Å². The summed E-state index contributed by atoms with van der Waals surface area (Å²) in [6.07, 6.45) is 26.3. The highest BCUT2D eigenvalue weighted by molar-refractivity contribution is 5.59. The van der Waals surface area contributed by atoms with Crippen LogP contribution in [0.4, 0.5) is 4.79 Å². The van der Waals surface area contributed by atoms with Crippen LogP contribution in [0, 0.1) is 35.0 Å². The Morgan fingerprint density at radius 3 is 2.29 bits per heavy atom. The van der Waals surface area contributed by atoms with Gasteiger partial charge in [0.25, 0.3) is 0 Å². The van der Waals surface area contributed by atoms with Gasteiger partial charge in [-0.2, -0.15) is 0 Å². The number of aliphatic hydroxyl groups is 1. The van der Waals surface area contributed by atoms with Crippen molar-refractivity contribution in [2.45, 2.75) is 154 Å². The number of fused-ring (bicyclic) bond motifs is 1. The van der Waals surface area contributed by atoms with Gasteiger partial charge in [-0.3, -0.25) is 0 Å². The van der Waals surface area contributed by atoms with Crippen LogP contribution in [0.2, 0.25) is 0 Å². The Hall–Kier alpha value is -1.95. The summed E-state index contributed by atoms with van der Waals surface area (Å²) in [6.45, 7) is 11.0. The van der Waals surface area contributed by atoms with E-state index in [9.17, 15) is 9.90 Å². The van der Waals surface area contributed by atoms with E-state index in [4.69, 9.17) is 18.9 Å². The van der Waals surface area contributed by atoms with Gasteiger partial charge in [-0.15, -0.1) is 0 Å². The molecule has 254 valence electrons. The first-order chi connectivity index (χ1) is 21.8. The van der Waals surface area contributed by atoms with E-state index in [1.165, 1.54) is 83.5 Å². The Bertz CT molecular complexity index is 1060. The van der Waals surface area contributed by atoms with Gasteiger partial charge in [-0.05, 0) is 80.8 Å². The normalized spacial score (nSPS) is 33.0. The topological polar surface area (TPSA) is 74.2 Å². The van der Waals surface area contributed by atoms with E-state index in [-0.39, 0.29) is 24.7 Å². The predicted octanol–water partition coefficient (Wildman–Crippen LogP) is 10.2. The van der Waals surface area contributed by atoms with E-state index >= 15 is 0 Å². The van der Waals surface area contributed by atoms with Gasteiger partial charge in [0.2, 0.25) is 6.79 Å². The van der Waals surface area contributed by atoms with Gasteiger partial charge in [0.15, 0.2) is 5.76 Å². The fourth-order valence-corrected chi connectivity index (χ4v) is 9.47. The van der Waals surface area contributed by atoms with Crippen LogP contribution < -0.4 is 0 Å². The summed E-state index contributed by atoms with van der Waals surface area (Å²) in [7, 11) is 0. The number of allylic oxidation sites excluding steroid dienone is 3. The smallest absolute Gasteiger partial charge is 0.485 e. The summed E-state index contributed by atoms with van der Waals surface area (Å²) >= 11 is 0. The molecule has 4 aliphatic carbocycles. The number of carbonyl (C=O) groups excluding carboxylic acids is 1. The lowest BCUT2D eigenvalue weighted by atomic mass is 9.42. The van der Waals surface area contributed by atoms with Crippen molar-refractivity contribution < 1.29 is 28.8 Å². The molecule has 6 nitrogen and oxygen atoms in total. The van der Waals surface area contributed by atoms with Crippen molar-refractivity contribution in [2.75, 3.05) is 13.4 Å². The van der Waals surface area contributed by atoms with Crippen LogP contribution in [0.25, 0.3) is 0 Å². The molecule has 4 fully saturated rings. The van der Waals surface area contributed by atoms with Gasteiger partial charge in [0, 0.05) is 5.92 Å². The van der Waals surface area contributed by atoms with E-state index in [2.05, 4.69) is 33.4 Å². The van der Waals surface area contributed by atoms with Gasteiger partial charge >= 0.3 is 6.16 Å². The van der Waals surface area contributed by atoms with Crippen LogP contribution in [0.5, 0.6) is 0 Å². The zero-order valence-corrected chi connectivity index (χ0v) is 28.7. The summed E-state index contributed by atoms with van der Waals surface area (Å²) in [5.41, 5.74) is -0.230. The van der Waals surface area contributed by atoms with Crippen molar-refractivity contribution >= 4 is 6.16 Å². The monoisotopic (exact) mass is 626 g/mol. The molecule has 5 rings (SSSR count). The van der Waals surface area contributed by atoms with E-state index < -0.39 is 17.2 Å². The quantitative estimate of drug-likeness (QED) is 0.0627. The summed E-state index contributed by atoms with van der Waals surface area (Å²) in [4.78, 5) is 12.3. The van der Waals surface area contributed by atoms with Gasteiger partial charge < -0.3 is 24.1 Å². The van der Waals surface area contributed by atoms with E-state index in [1.807, 2.05) is 6.08 Å². The molecule has 0 amide bonds. The van der Waals surface area contributed by atoms with Crippen molar-refractivity contribution in [1.82, 2.24) is 0 Å². The molecule has 3 saturated carbocycles. The Balaban J connectivity index is 1.07. The summed E-state index contributed by atoms with van der Waals surface area (Å²) in [5.74, 6) is 3.43. The number of ether oxygens (including phenoxy) is 4. The minimum Gasteiger partial charge on any atom is -0.485 e. The number of hydrogen-bond acceptors (Lipinski definition) is 6. The maximum atomic E-state index is 12.4. The Morgan fingerprint density at radius 1 is 0.978 bits per heavy atom. The van der Waals surface area contributed by atoms with Crippen LogP contribution in [0.1, 0.15) is 143 Å². The molecule has 6 heteroatoms. The van der Waals surface area contributed by atoms with Crippen molar-refractivity contribution in [3.63, 3.8) is 0 Å². The number of rotatable bonds is 20. The average molecular weight is 627 g/mol. The lowest BCUT2D eigenvalue weighted by Gasteiger charge is -2.62. The Labute approximate surface area is 273 Å². The lowest BCUT2D eigenvalue weighted by Crippen LogP contribution is -2.67. The molecule has 0 radical (unpaired) electrons. The van der Waals surface area contributed by atoms with Gasteiger partial charge in [0.05, 0.1) is 17.6 Å². The lowest BCUT2D eigenvalue weighted by molar-refractivity contribution is -0.220. The summed E-state index contributed by atoms with van der Waals surface area (Å²) < 4.78 is 23.4. The average Bonchev–Trinajstić information content (AvgIpc) is 3.77.